The van der Waals surface area contributed by atoms with Crippen LogP contribution in [0.5, 0.6) is 0 Å². The van der Waals surface area contributed by atoms with Gasteiger partial charge in [0.15, 0.2) is 5.78 Å². The molecule has 3 aromatic rings. The molecule has 9 heteroatoms. The molecule has 1 N–H and O–H groups in total. The van der Waals surface area contributed by atoms with Gasteiger partial charge in [0, 0.05) is 6.42 Å². The van der Waals surface area contributed by atoms with Gasteiger partial charge in [-0.2, -0.15) is 0 Å². The summed E-state index contributed by atoms with van der Waals surface area (Å²) in [6, 6.07) is 26.7. The molecule has 0 bridgehead atoms. The van der Waals surface area contributed by atoms with Crippen LogP contribution >= 0.6 is 6.89 Å². The van der Waals surface area contributed by atoms with Gasteiger partial charge in [-0.25, -0.2) is 14.4 Å². The highest BCUT2D eigenvalue weighted by molar-refractivity contribution is 7.97. The molecule has 1 atom stereocenters. The van der Waals surface area contributed by atoms with Crippen molar-refractivity contribution in [1.29, 1.82) is 0 Å². The summed E-state index contributed by atoms with van der Waals surface area (Å²) in [5, 5.41) is 4.66. The largest absolute Gasteiger partial charge is 0.458 e. The molecule has 0 fully saturated rings. The fraction of sp³-hybridized carbons (Fsp3) is 0.378. The highest BCUT2D eigenvalue weighted by Gasteiger charge is 2.41. The first kappa shape index (κ1) is 36.3. The highest BCUT2D eigenvalue weighted by Crippen LogP contribution is 2.47. The summed E-state index contributed by atoms with van der Waals surface area (Å²) in [5.74, 6) is -2.30. The zero-order valence-electron chi connectivity index (χ0n) is 28.2. The Morgan fingerprint density at radius 1 is 0.587 bits per heavy atom. The Hall–Kier alpha value is -4.16. The van der Waals surface area contributed by atoms with Crippen molar-refractivity contribution in [2.24, 2.45) is 0 Å². The molecule has 0 spiro atoms. The monoisotopic (exact) mass is 647 g/mol. The minimum absolute atomic E-state index is 0.106. The van der Waals surface area contributed by atoms with Crippen LogP contribution < -0.4 is 21.2 Å². The van der Waals surface area contributed by atoms with Gasteiger partial charge in [-0.1, -0.05) is 91.0 Å². The molecule has 0 aromatic heterocycles. The lowest BCUT2D eigenvalue weighted by molar-refractivity contribution is -0.158. The summed E-state index contributed by atoms with van der Waals surface area (Å²) in [6.07, 6.45) is -1.47. The molecule has 46 heavy (non-hydrogen) atoms. The molecule has 0 saturated carbocycles. The van der Waals surface area contributed by atoms with E-state index < -0.39 is 60.0 Å². The van der Waals surface area contributed by atoms with Crippen molar-refractivity contribution in [3.8, 4) is 0 Å². The molecule has 3 rings (SSSR count). The molecule has 0 saturated heterocycles. The number of alkyl carbamates (subject to hydrolysis) is 1. The molecular formula is C37H46NO7P. The van der Waals surface area contributed by atoms with Crippen molar-refractivity contribution in [2.45, 2.75) is 91.6 Å². The van der Waals surface area contributed by atoms with Gasteiger partial charge in [0.05, 0.1) is 0 Å². The smallest absolute Gasteiger partial charge is 0.408 e. The third kappa shape index (κ3) is 9.67. The number of amides is 1. The Morgan fingerprint density at radius 3 is 1.30 bits per heavy atom. The first-order chi connectivity index (χ1) is 21.3. The molecule has 0 unspecified atom stereocenters. The average Bonchev–Trinajstić information content (AvgIpc) is 2.94. The molecule has 0 aliphatic heterocycles. The molecule has 0 aliphatic carbocycles. The van der Waals surface area contributed by atoms with Gasteiger partial charge in [0.1, 0.15) is 28.1 Å². The number of ketones is 1. The first-order valence-electron chi connectivity index (χ1n) is 15.3. The predicted octanol–water partition coefficient (Wildman–Crippen LogP) is 5.69. The number of rotatable bonds is 9. The van der Waals surface area contributed by atoms with Crippen molar-refractivity contribution in [2.75, 3.05) is 0 Å². The Balaban J connectivity index is 2.42. The third-order valence-electron chi connectivity index (χ3n) is 6.39. The molecule has 0 heterocycles. The molecular weight excluding hydrogens is 601 g/mol. The van der Waals surface area contributed by atoms with Gasteiger partial charge < -0.3 is 19.5 Å². The summed E-state index contributed by atoms with van der Waals surface area (Å²) in [5.41, 5.74) is -2.72. The maximum absolute atomic E-state index is 14.9. The normalized spacial score (nSPS) is 12.8. The maximum atomic E-state index is 14.9. The van der Waals surface area contributed by atoms with Crippen molar-refractivity contribution in [1.82, 2.24) is 5.32 Å². The van der Waals surface area contributed by atoms with E-state index in [0.717, 1.165) is 15.9 Å². The zero-order valence-corrected chi connectivity index (χ0v) is 29.1. The fourth-order valence-corrected chi connectivity index (χ4v) is 9.16. The van der Waals surface area contributed by atoms with E-state index in [1.807, 2.05) is 91.0 Å². The summed E-state index contributed by atoms with van der Waals surface area (Å²) in [7, 11) is 0. The number of hydrogen-bond acceptors (Lipinski definition) is 7. The van der Waals surface area contributed by atoms with Crippen LogP contribution in [0.1, 0.15) is 68.7 Å². The van der Waals surface area contributed by atoms with E-state index >= 15 is 0 Å². The number of esters is 2. The van der Waals surface area contributed by atoms with E-state index in [0.29, 0.717) is 0 Å². The van der Waals surface area contributed by atoms with Crippen LogP contribution in [0.3, 0.4) is 0 Å². The van der Waals surface area contributed by atoms with Gasteiger partial charge in [0.25, 0.3) is 0 Å². The van der Waals surface area contributed by atoms with Gasteiger partial charge in [-0.15, -0.1) is 0 Å². The zero-order chi connectivity index (χ0) is 34.3. The molecule has 246 valence electrons. The van der Waals surface area contributed by atoms with Crippen LogP contribution in [0.4, 0.5) is 4.79 Å². The van der Waals surface area contributed by atoms with E-state index in [-0.39, 0.29) is 5.29 Å². The van der Waals surface area contributed by atoms with Gasteiger partial charge in [0.2, 0.25) is 0 Å². The minimum Gasteiger partial charge on any atom is -0.458 e. The van der Waals surface area contributed by atoms with E-state index in [2.05, 4.69) is 5.32 Å². The fourth-order valence-electron chi connectivity index (χ4n) is 4.85. The summed E-state index contributed by atoms with van der Waals surface area (Å²) in [4.78, 5) is 55.8. The van der Waals surface area contributed by atoms with Crippen LogP contribution in [0.2, 0.25) is 0 Å². The van der Waals surface area contributed by atoms with E-state index in [1.165, 1.54) is 0 Å². The molecule has 0 radical (unpaired) electrons. The SMILES string of the molecule is CC(C)(C)OC(=O)N[C@@H](CC(=O)C(C(=O)OC(C)(C)C)=P(c1ccccc1)(c1ccccc1)c1ccccc1)C(=O)OC(C)(C)C. The predicted molar refractivity (Wildman–Crippen MR) is 185 cm³/mol. The number of benzene rings is 3. The number of hydrogen-bond donors (Lipinski definition) is 1. The van der Waals surface area contributed by atoms with Crippen LogP contribution in [-0.2, 0) is 28.6 Å². The molecule has 3 aromatic carbocycles. The number of carbonyl (C=O) groups excluding carboxylic acids is 4. The van der Waals surface area contributed by atoms with Crippen molar-refractivity contribution in [3.05, 3.63) is 91.0 Å². The number of Topliss-reactive ketones (excluding diaryl/α,β-unsaturated/α-hetero) is 1. The summed E-state index contributed by atoms with van der Waals surface area (Å²) >= 11 is 0. The summed E-state index contributed by atoms with van der Waals surface area (Å²) < 4.78 is 17.0. The first-order valence-corrected chi connectivity index (χ1v) is 17.0. The van der Waals surface area contributed by atoms with Gasteiger partial charge in [-0.3, -0.25) is 4.79 Å². The number of ether oxygens (including phenoxy) is 3. The van der Waals surface area contributed by atoms with Crippen LogP contribution in [0.25, 0.3) is 0 Å². The maximum Gasteiger partial charge on any atom is 0.408 e. The highest BCUT2D eigenvalue weighted by atomic mass is 31.2. The topological polar surface area (TPSA) is 108 Å². The van der Waals surface area contributed by atoms with Crippen LogP contribution in [0.15, 0.2) is 91.0 Å². The lowest BCUT2D eigenvalue weighted by Crippen LogP contribution is -2.49. The second-order valence-electron chi connectivity index (χ2n) is 13.9. The molecule has 0 aliphatic rings. The Bertz CT molecular complexity index is 1480. The van der Waals surface area contributed by atoms with Crippen LogP contribution in [0, 0.1) is 0 Å². The minimum atomic E-state index is -3.26. The average molecular weight is 648 g/mol. The van der Waals surface area contributed by atoms with Crippen LogP contribution in [-0.4, -0.2) is 52.0 Å². The Kier molecular flexibility index (Phi) is 11.5. The Morgan fingerprint density at radius 2 is 0.957 bits per heavy atom. The van der Waals surface area contributed by atoms with E-state index in [4.69, 9.17) is 14.2 Å². The van der Waals surface area contributed by atoms with Gasteiger partial charge >= 0.3 is 18.0 Å². The number of carbonyl (C=O) groups is 4. The van der Waals surface area contributed by atoms with Gasteiger partial charge in [-0.05, 0) is 85.1 Å². The second-order valence-corrected chi connectivity index (χ2v) is 17.2. The lowest BCUT2D eigenvalue weighted by Gasteiger charge is -2.33. The molecule has 8 nitrogen and oxygen atoms in total. The van der Waals surface area contributed by atoms with Crippen molar-refractivity contribution >= 4 is 51.9 Å². The Labute approximate surface area is 272 Å². The van der Waals surface area contributed by atoms with Crippen molar-refractivity contribution < 1.29 is 33.4 Å². The quantitative estimate of drug-likeness (QED) is 0.138. The standard InChI is InChI=1S/C37H46NO7P/c1-35(2,3)43-32(40)29(38-34(42)45-37(7,8)9)25-30(39)31(33(41)44-36(4,5)6)46(26-19-13-10-14-20-26,27-21-15-11-16-22-27)28-23-17-12-18-24-28/h10-24,29H,25H2,1-9H3,(H,38,42)/t29-/m0/s1. The summed E-state index contributed by atoms with van der Waals surface area (Å²) in [6.45, 7) is 12.1. The van der Waals surface area contributed by atoms with E-state index in [9.17, 15) is 19.2 Å². The number of nitrogens with one attached hydrogen (secondary N) is 1. The van der Waals surface area contributed by atoms with Crippen molar-refractivity contribution in [3.63, 3.8) is 0 Å². The third-order valence-corrected chi connectivity index (χ3v) is 10.7. The van der Waals surface area contributed by atoms with E-state index in [1.54, 1.807) is 62.3 Å². The lowest BCUT2D eigenvalue weighted by atomic mass is 10.1. The molecule has 1 amide bonds. The second kappa shape index (κ2) is 14.5.